The zero-order chi connectivity index (χ0) is 18.7. The van der Waals surface area contributed by atoms with E-state index in [9.17, 15) is 31.1 Å². The van der Waals surface area contributed by atoms with E-state index in [0.717, 1.165) is 12.1 Å². The second-order valence-electron chi connectivity index (χ2n) is 6.03. The van der Waals surface area contributed by atoms with Crippen LogP contribution in [0, 0.1) is 5.92 Å². The summed E-state index contributed by atoms with van der Waals surface area (Å²) in [6.45, 7) is 0. The zero-order valence-corrected chi connectivity index (χ0v) is 13.1. The summed E-state index contributed by atoms with van der Waals surface area (Å²) in [5, 5.41) is 2.67. The van der Waals surface area contributed by atoms with Gasteiger partial charge in [0.15, 0.2) is 0 Å². The lowest BCUT2D eigenvalue weighted by Crippen LogP contribution is -2.40. The number of hydrogen-bond acceptors (Lipinski definition) is 2. The van der Waals surface area contributed by atoms with Gasteiger partial charge in [0.2, 0.25) is 5.91 Å². The molecule has 0 saturated heterocycles. The largest absolute Gasteiger partial charge is 0.573 e. The van der Waals surface area contributed by atoms with Crippen LogP contribution in [0.1, 0.15) is 31.2 Å². The smallest absolute Gasteiger partial charge is 0.406 e. The summed E-state index contributed by atoms with van der Waals surface area (Å²) in [5.41, 5.74) is 0.482. The lowest BCUT2D eigenvalue weighted by molar-refractivity contribution is -0.274. The molecule has 0 unspecified atom stereocenters. The summed E-state index contributed by atoms with van der Waals surface area (Å²) in [6.07, 6.45) is -8.56. The van der Waals surface area contributed by atoms with Gasteiger partial charge in [-0.2, -0.15) is 13.2 Å². The van der Waals surface area contributed by atoms with Crippen molar-refractivity contribution in [2.75, 3.05) is 0 Å². The highest BCUT2D eigenvalue weighted by Gasteiger charge is 2.41. The van der Waals surface area contributed by atoms with Crippen LogP contribution in [0.4, 0.5) is 26.3 Å². The van der Waals surface area contributed by atoms with Crippen LogP contribution in [0.15, 0.2) is 24.3 Å². The number of hydrogen-bond donors (Lipinski definition) is 1. The summed E-state index contributed by atoms with van der Waals surface area (Å²) in [7, 11) is 0. The topological polar surface area (TPSA) is 38.3 Å². The Morgan fingerprint density at radius 1 is 1.00 bits per heavy atom. The molecular formula is C16H17F6NO2. The number of amides is 1. The predicted molar refractivity (Wildman–Crippen MR) is 76.8 cm³/mol. The number of benzene rings is 1. The van der Waals surface area contributed by atoms with Crippen molar-refractivity contribution in [3.05, 3.63) is 29.8 Å². The van der Waals surface area contributed by atoms with Crippen LogP contribution in [0.5, 0.6) is 5.75 Å². The number of carbonyl (C=O) groups excluding carboxylic acids is 1. The van der Waals surface area contributed by atoms with E-state index in [4.69, 9.17) is 0 Å². The average Bonchev–Trinajstić information content (AvgIpc) is 2.47. The van der Waals surface area contributed by atoms with Crippen molar-refractivity contribution in [3.8, 4) is 5.75 Å². The van der Waals surface area contributed by atoms with Gasteiger partial charge in [0.05, 0.1) is 12.3 Å². The first-order chi connectivity index (χ1) is 11.5. The van der Waals surface area contributed by atoms with Gasteiger partial charge in [-0.25, -0.2) is 0 Å². The summed E-state index contributed by atoms with van der Waals surface area (Å²) >= 11 is 0. The molecule has 1 amide bonds. The number of carbonyl (C=O) groups is 1. The Bertz CT molecular complexity index is 574. The Labute approximate surface area is 140 Å². The molecular weight excluding hydrogens is 352 g/mol. The van der Waals surface area contributed by atoms with Crippen molar-refractivity contribution in [1.29, 1.82) is 0 Å². The van der Waals surface area contributed by atoms with Crippen LogP contribution >= 0.6 is 0 Å². The Kier molecular flexibility index (Phi) is 5.84. The highest BCUT2D eigenvalue weighted by atomic mass is 19.4. The highest BCUT2D eigenvalue weighted by molar-refractivity contribution is 5.78. The minimum absolute atomic E-state index is 0.0159. The molecule has 140 valence electrons. The van der Waals surface area contributed by atoms with Crippen molar-refractivity contribution in [2.45, 2.75) is 50.7 Å². The third kappa shape index (κ3) is 6.47. The van der Waals surface area contributed by atoms with E-state index in [2.05, 4.69) is 10.1 Å². The van der Waals surface area contributed by atoms with Crippen molar-refractivity contribution < 1.29 is 35.9 Å². The lowest BCUT2D eigenvalue weighted by Gasteiger charge is -2.30. The summed E-state index contributed by atoms with van der Waals surface area (Å²) in [6, 6.07) is 4.57. The molecule has 0 aromatic heterocycles. The molecule has 0 atom stereocenters. The van der Waals surface area contributed by atoms with E-state index < -0.39 is 18.5 Å². The lowest BCUT2D eigenvalue weighted by atomic mass is 9.85. The van der Waals surface area contributed by atoms with E-state index in [0.29, 0.717) is 5.56 Å². The first kappa shape index (κ1) is 19.4. The number of rotatable bonds is 4. The molecule has 0 aliphatic heterocycles. The first-order valence-corrected chi connectivity index (χ1v) is 7.74. The Morgan fingerprint density at radius 3 is 2.04 bits per heavy atom. The molecule has 1 saturated carbocycles. The van der Waals surface area contributed by atoms with Crippen molar-refractivity contribution in [3.63, 3.8) is 0 Å². The summed E-state index contributed by atoms with van der Waals surface area (Å²) < 4.78 is 77.7. The predicted octanol–water partition coefficient (Wildman–Crippen LogP) is 4.37. The number of alkyl halides is 6. The second kappa shape index (κ2) is 7.53. The second-order valence-corrected chi connectivity index (χ2v) is 6.03. The Hall–Kier alpha value is -1.93. The minimum Gasteiger partial charge on any atom is -0.406 e. The van der Waals surface area contributed by atoms with Gasteiger partial charge in [-0.05, 0) is 43.4 Å². The van der Waals surface area contributed by atoms with E-state index in [1.807, 2.05) is 0 Å². The van der Waals surface area contributed by atoms with Gasteiger partial charge in [-0.1, -0.05) is 12.1 Å². The van der Waals surface area contributed by atoms with Gasteiger partial charge in [-0.15, -0.1) is 13.2 Å². The van der Waals surface area contributed by atoms with Crippen molar-refractivity contribution in [2.24, 2.45) is 5.92 Å². The van der Waals surface area contributed by atoms with E-state index >= 15 is 0 Å². The molecule has 9 heteroatoms. The summed E-state index contributed by atoms with van der Waals surface area (Å²) in [5.74, 6) is -2.08. The molecule has 1 aliphatic carbocycles. The highest BCUT2D eigenvalue weighted by Crippen LogP contribution is 2.37. The standard InChI is InChI=1S/C16H17F6NO2/c17-15(18,19)11-3-5-12(6-4-11)23-14(24)9-10-1-7-13(8-2-10)25-16(20,21)22/h1-2,7-8,11-12H,3-6,9H2,(H,23,24). The quantitative estimate of drug-likeness (QED) is 0.801. The molecule has 1 aromatic rings. The number of halogens is 6. The molecule has 3 nitrogen and oxygen atoms in total. The number of nitrogens with one attached hydrogen (secondary N) is 1. The molecule has 0 radical (unpaired) electrons. The molecule has 1 fully saturated rings. The summed E-state index contributed by atoms with van der Waals surface area (Å²) in [4.78, 5) is 11.9. The van der Waals surface area contributed by atoms with Gasteiger partial charge in [0.1, 0.15) is 5.75 Å². The zero-order valence-electron chi connectivity index (χ0n) is 13.1. The van der Waals surface area contributed by atoms with Crippen LogP contribution in [-0.2, 0) is 11.2 Å². The molecule has 1 N–H and O–H groups in total. The van der Waals surface area contributed by atoms with Crippen molar-refractivity contribution >= 4 is 5.91 Å². The number of ether oxygens (including phenoxy) is 1. The molecule has 0 bridgehead atoms. The van der Waals surface area contributed by atoms with Crippen LogP contribution in [0.2, 0.25) is 0 Å². The maximum Gasteiger partial charge on any atom is 0.573 e. The van der Waals surface area contributed by atoms with Gasteiger partial charge < -0.3 is 10.1 Å². The Balaban J connectivity index is 1.79. The third-order valence-corrected chi connectivity index (χ3v) is 4.08. The van der Waals surface area contributed by atoms with Gasteiger partial charge in [-0.3, -0.25) is 4.79 Å². The minimum atomic E-state index is -4.78. The first-order valence-electron chi connectivity index (χ1n) is 7.74. The molecule has 25 heavy (non-hydrogen) atoms. The van der Waals surface area contributed by atoms with Crippen LogP contribution in [0.3, 0.4) is 0 Å². The molecule has 1 aliphatic rings. The average molecular weight is 369 g/mol. The van der Waals surface area contributed by atoms with E-state index in [1.54, 1.807) is 0 Å². The molecule has 0 spiro atoms. The van der Waals surface area contributed by atoms with Gasteiger partial charge in [0.25, 0.3) is 0 Å². The van der Waals surface area contributed by atoms with Gasteiger partial charge in [0, 0.05) is 6.04 Å². The SMILES string of the molecule is O=C(Cc1ccc(OC(F)(F)F)cc1)NC1CCC(C(F)(F)F)CC1. The fraction of sp³-hybridized carbons (Fsp3) is 0.562. The normalized spacial score (nSPS) is 21.7. The van der Waals surface area contributed by atoms with Crippen molar-refractivity contribution in [1.82, 2.24) is 5.32 Å². The van der Waals surface area contributed by atoms with Crippen LogP contribution in [-0.4, -0.2) is 24.5 Å². The fourth-order valence-corrected chi connectivity index (χ4v) is 2.84. The van der Waals surface area contributed by atoms with Gasteiger partial charge >= 0.3 is 12.5 Å². The molecule has 0 heterocycles. The Morgan fingerprint density at radius 2 is 1.56 bits per heavy atom. The molecule has 2 rings (SSSR count). The maximum atomic E-state index is 12.6. The van der Waals surface area contributed by atoms with Crippen LogP contribution < -0.4 is 10.1 Å². The molecule has 1 aromatic carbocycles. The fourth-order valence-electron chi connectivity index (χ4n) is 2.84. The van der Waals surface area contributed by atoms with E-state index in [-0.39, 0.29) is 49.8 Å². The monoisotopic (exact) mass is 369 g/mol. The maximum absolute atomic E-state index is 12.6. The van der Waals surface area contributed by atoms with E-state index in [1.165, 1.54) is 12.1 Å². The van der Waals surface area contributed by atoms with Crippen LogP contribution in [0.25, 0.3) is 0 Å². The third-order valence-electron chi connectivity index (χ3n) is 4.08.